The fraction of sp³-hybridized carbons (Fsp3) is 0.381. The minimum atomic E-state index is 0.00729. The van der Waals surface area contributed by atoms with Crippen molar-refractivity contribution in [2.24, 2.45) is 5.41 Å². The Kier molecular flexibility index (Phi) is 5.59. The monoisotopic (exact) mass is 309 g/mol. The molecule has 0 spiro atoms. The van der Waals surface area contributed by atoms with Crippen LogP contribution in [0.15, 0.2) is 48.5 Å². The summed E-state index contributed by atoms with van der Waals surface area (Å²) in [6.45, 7) is 9.37. The summed E-state index contributed by atoms with van der Waals surface area (Å²) in [4.78, 5) is 12.3. The fourth-order valence-corrected chi connectivity index (χ4v) is 2.61. The van der Waals surface area contributed by atoms with Crippen LogP contribution in [0.1, 0.15) is 47.8 Å². The summed E-state index contributed by atoms with van der Waals surface area (Å²) < 4.78 is 0. The molecule has 2 aromatic carbocycles. The van der Waals surface area contributed by atoms with Crippen molar-refractivity contribution in [2.45, 2.75) is 40.5 Å². The van der Waals surface area contributed by atoms with Gasteiger partial charge in [0.05, 0.1) is 0 Å². The van der Waals surface area contributed by atoms with Gasteiger partial charge in [-0.25, -0.2) is 0 Å². The molecule has 0 radical (unpaired) electrons. The molecule has 0 aromatic heterocycles. The summed E-state index contributed by atoms with van der Waals surface area (Å²) in [5.74, 6) is 0.00729. The third-order valence-electron chi connectivity index (χ3n) is 3.74. The van der Waals surface area contributed by atoms with Crippen molar-refractivity contribution in [3.63, 3.8) is 0 Å². The van der Waals surface area contributed by atoms with Crippen LogP contribution in [0.4, 0.5) is 0 Å². The molecule has 1 N–H and O–H groups in total. The van der Waals surface area contributed by atoms with E-state index in [0.717, 1.165) is 18.4 Å². The first-order chi connectivity index (χ1) is 10.8. The normalized spacial score (nSPS) is 11.3. The molecule has 0 aliphatic rings. The minimum absolute atomic E-state index is 0.00729. The average molecular weight is 309 g/mol. The van der Waals surface area contributed by atoms with Crippen LogP contribution in [0, 0.1) is 12.3 Å². The average Bonchev–Trinajstić information content (AvgIpc) is 2.48. The van der Waals surface area contributed by atoms with Gasteiger partial charge in [-0.2, -0.15) is 0 Å². The largest absolute Gasteiger partial charge is 0.352 e. The Bertz CT molecular complexity index is 650. The molecule has 0 unspecified atom stereocenters. The van der Waals surface area contributed by atoms with Gasteiger partial charge in [-0.15, -0.1) is 0 Å². The van der Waals surface area contributed by atoms with E-state index in [9.17, 15) is 4.79 Å². The minimum Gasteiger partial charge on any atom is -0.352 e. The second kappa shape index (κ2) is 7.45. The number of hydrogen-bond acceptors (Lipinski definition) is 1. The number of carbonyl (C=O) groups excluding carboxylic acids is 1. The molecule has 2 rings (SSSR count). The Hall–Kier alpha value is -2.09. The molecule has 23 heavy (non-hydrogen) atoms. The van der Waals surface area contributed by atoms with E-state index in [1.807, 2.05) is 18.2 Å². The predicted octanol–water partition coefficient (Wildman–Crippen LogP) is 4.56. The van der Waals surface area contributed by atoms with E-state index in [0.29, 0.717) is 6.54 Å². The van der Waals surface area contributed by atoms with Crippen LogP contribution in [0.5, 0.6) is 0 Å². The first-order valence-electron chi connectivity index (χ1n) is 8.26. The van der Waals surface area contributed by atoms with Crippen LogP contribution in [0.25, 0.3) is 0 Å². The fourth-order valence-electron chi connectivity index (χ4n) is 2.61. The highest BCUT2D eigenvalue weighted by Gasteiger charge is 2.13. The first-order valence-corrected chi connectivity index (χ1v) is 8.26. The lowest BCUT2D eigenvalue weighted by Gasteiger charge is -2.18. The highest BCUT2D eigenvalue weighted by Crippen LogP contribution is 2.21. The van der Waals surface area contributed by atoms with Crippen LogP contribution in [0.2, 0.25) is 0 Å². The molecule has 0 aliphatic carbocycles. The van der Waals surface area contributed by atoms with Gasteiger partial charge >= 0.3 is 0 Å². The number of amides is 1. The molecule has 1 amide bonds. The van der Waals surface area contributed by atoms with Gasteiger partial charge in [0, 0.05) is 12.1 Å². The maximum Gasteiger partial charge on any atom is 0.251 e. The quantitative estimate of drug-likeness (QED) is 0.862. The molecule has 0 saturated carbocycles. The third-order valence-corrected chi connectivity index (χ3v) is 3.74. The summed E-state index contributed by atoms with van der Waals surface area (Å²) in [6, 6.07) is 16.4. The van der Waals surface area contributed by atoms with Crippen molar-refractivity contribution < 1.29 is 4.79 Å². The summed E-state index contributed by atoms with van der Waals surface area (Å²) in [7, 11) is 0. The van der Waals surface area contributed by atoms with Crippen molar-refractivity contribution >= 4 is 5.91 Å². The zero-order valence-corrected chi connectivity index (χ0v) is 14.6. The molecule has 0 fully saturated rings. The van der Waals surface area contributed by atoms with Crippen molar-refractivity contribution in [3.05, 3.63) is 70.8 Å². The summed E-state index contributed by atoms with van der Waals surface area (Å²) in [5, 5.41) is 3.01. The Morgan fingerprint density at radius 1 is 1.00 bits per heavy atom. The van der Waals surface area contributed by atoms with Crippen molar-refractivity contribution in [1.29, 1.82) is 0 Å². The molecular weight excluding hydrogens is 282 g/mol. The lowest BCUT2D eigenvalue weighted by Crippen LogP contribution is -2.25. The Balaban J connectivity index is 1.90. The number of hydrogen-bond donors (Lipinski definition) is 1. The number of benzene rings is 2. The van der Waals surface area contributed by atoms with Gasteiger partial charge in [0.2, 0.25) is 0 Å². The lowest BCUT2D eigenvalue weighted by atomic mass is 9.87. The SMILES string of the molecule is Cc1ccc(CCNC(=O)c2cccc(CC(C)(C)C)c2)cc1. The molecule has 0 heterocycles. The number of rotatable bonds is 5. The number of nitrogens with one attached hydrogen (secondary N) is 1. The van der Waals surface area contributed by atoms with Crippen LogP contribution in [0.3, 0.4) is 0 Å². The Morgan fingerprint density at radius 3 is 2.35 bits per heavy atom. The maximum absolute atomic E-state index is 12.3. The van der Waals surface area contributed by atoms with Gasteiger partial charge in [-0.05, 0) is 48.4 Å². The van der Waals surface area contributed by atoms with Crippen molar-refractivity contribution in [2.75, 3.05) is 6.54 Å². The van der Waals surface area contributed by atoms with E-state index in [2.05, 4.69) is 63.3 Å². The number of carbonyl (C=O) groups is 1. The zero-order chi connectivity index (χ0) is 16.9. The molecule has 0 atom stereocenters. The predicted molar refractivity (Wildman–Crippen MR) is 96.8 cm³/mol. The lowest BCUT2D eigenvalue weighted by molar-refractivity contribution is 0.0954. The molecule has 0 saturated heterocycles. The van der Waals surface area contributed by atoms with Gasteiger partial charge in [-0.1, -0.05) is 62.7 Å². The van der Waals surface area contributed by atoms with E-state index in [1.165, 1.54) is 16.7 Å². The van der Waals surface area contributed by atoms with E-state index >= 15 is 0 Å². The van der Waals surface area contributed by atoms with E-state index < -0.39 is 0 Å². The van der Waals surface area contributed by atoms with Gasteiger partial charge in [-0.3, -0.25) is 4.79 Å². The third kappa shape index (κ3) is 5.90. The van der Waals surface area contributed by atoms with Crippen LogP contribution in [-0.2, 0) is 12.8 Å². The van der Waals surface area contributed by atoms with E-state index in [1.54, 1.807) is 0 Å². The second-order valence-electron chi connectivity index (χ2n) is 7.43. The molecule has 2 heteroatoms. The van der Waals surface area contributed by atoms with Crippen LogP contribution >= 0.6 is 0 Å². The second-order valence-corrected chi connectivity index (χ2v) is 7.43. The molecule has 122 valence electrons. The highest BCUT2D eigenvalue weighted by atomic mass is 16.1. The van der Waals surface area contributed by atoms with Gasteiger partial charge in [0.1, 0.15) is 0 Å². The van der Waals surface area contributed by atoms with E-state index in [-0.39, 0.29) is 11.3 Å². The maximum atomic E-state index is 12.3. The van der Waals surface area contributed by atoms with Gasteiger partial charge < -0.3 is 5.32 Å². The Morgan fingerprint density at radius 2 is 1.70 bits per heavy atom. The van der Waals surface area contributed by atoms with Crippen LogP contribution < -0.4 is 5.32 Å². The molecular formula is C21H27NO. The van der Waals surface area contributed by atoms with Gasteiger partial charge in [0.25, 0.3) is 5.91 Å². The topological polar surface area (TPSA) is 29.1 Å². The van der Waals surface area contributed by atoms with Crippen molar-refractivity contribution in [1.82, 2.24) is 5.32 Å². The molecule has 0 aliphatic heterocycles. The highest BCUT2D eigenvalue weighted by molar-refractivity contribution is 5.94. The van der Waals surface area contributed by atoms with Crippen LogP contribution in [-0.4, -0.2) is 12.5 Å². The molecule has 0 bridgehead atoms. The zero-order valence-electron chi connectivity index (χ0n) is 14.6. The number of aryl methyl sites for hydroxylation is 1. The van der Waals surface area contributed by atoms with Gasteiger partial charge in [0.15, 0.2) is 0 Å². The van der Waals surface area contributed by atoms with Crippen molar-refractivity contribution in [3.8, 4) is 0 Å². The summed E-state index contributed by atoms with van der Waals surface area (Å²) in [6.07, 6.45) is 1.82. The summed E-state index contributed by atoms with van der Waals surface area (Å²) in [5.41, 5.74) is 4.69. The smallest absolute Gasteiger partial charge is 0.251 e. The Labute approximate surface area is 139 Å². The molecule has 2 nitrogen and oxygen atoms in total. The standard InChI is InChI=1S/C21H27NO/c1-16-8-10-17(11-9-16)12-13-22-20(23)19-7-5-6-18(14-19)15-21(2,3)4/h5-11,14H,12-13,15H2,1-4H3,(H,22,23). The first kappa shape index (κ1) is 17.3. The molecule has 2 aromatic rings. The summed E-state index contributed by atoms with van der Waals surface area (Å²) >= 11 is 0. The van der Waals surface area contributed by atoms with E-state index in [4.69, 9.17) is 0 Å².